The standard InChI is InChI=1S/C18H19ClN2O4/c1-21(18(23)12-25-16-9-4-3-8-15(16)19)11-17(22)20-13-6-5-7-14(10-13)24-2/h3-10H,11-12H2,1-2H3,(H,20,22). The number of nitrogens with zero attached hydrogens (tertiary/aromatic N) is 1. The molecule has 0 aliphatic heterocycles. The number of nitrogens with one attached hydrogen (secondary N) is 1. The molecule has 0 aromatic heterocycles. The van der Waals surface area contributed by atoms with Crippen molar-refractivity contribution >= 4 is 29.1 Å². The summed E-state index contributed by atoms with van der Waals surface area (Å²) in [4.78, 5) is 25.4. The summed E-state index contributed by atoms with van der Waals surface area (Å²) in [6, 6.07) is 13.8. The van der Waals surface area contributed by atoms with Crippen molar-refractivity contribution in [2.75, 3.05) is 32.6 Å². The van der Waals surface area contributed by atoms with Gasteiger partial charge in [0.05, 0.1) is 18.7 Å². The highest BCUT2D eigenvalue weighted by molar-refractivity contribution is 6.32. The minimum atomic E-state index is -0.333. The molecule has 25 heavy (non-hydrogen) atoms. The van der Waals surface area contributed by atoms with Crippen molar-refractivity contribution in [1.29, 1.82) is 0 Å². The second-order valence-electron chi connectivity index (χ2n) is 5.25. The SMILES string of the molecule is COc1cccc(NC(=O)CN(C)C(=O)COc2ccccc2Cl)c1. The number of likely N-dealkylation sites (N-methyl/N-ethyl adjacent to an activating group) is 1. The topological polar surface area (TPSA) is 67.9 Å². The molecular weight excluding hydrogens is 344 g/mol. The van der Waals surface area contributed by atoms with Crippen molar-refractivity contribution < 1.29 is 19.1 Å². The number of para-hydroxylation sites is 1. The Labute approximate surface area is 151 Å². The predicted molar refractivity (Wildman–Crippen MR) is 96.2 cm³/mol. The third-order valence-electron chi connectivity index (χ3n) is 3.35. The predicted octanol–water partition coefficient (Wildman–Crippen LogP) is 2.82. The first kappa shape index (κ1) is 18.6. The van der Waals surface area contributed by atoms with Crippen LogP contribution in [0.3, 0.4) is 0 Å². The molecule has 132 valence electrons. The minimum Gasteiger partial charge on any atom is -0.497 e. The van der Waals surface area contributed by atoms with E-state index in [1.54, 1.807) is 55.6 Å². The summed E-state index contributed by atoms with van der Waals surface area (Å²) in [7, 11) is 3.08. The fourth-order valence-corrected chi connectivity index (χ4v) is 2.21. The van der Waals surface area contributed by atoms with Crippen LogP contribution >= 0.6 is 11.6 Å². The lowest BCUT2D eigenvalue weighted by molar-refractivity contribution is -0.135. The van der Waals surface area contributed by atoms with Crippen LogP contribution in [0.25, 0.3) is 0 Å². The summed E-state index contributed by atoms with van der Waals surface area (Å²) in [5.41, 5.74) is 0.595. The molecule has 0 bridgehead atoms. The van der Waals surface area contributed by atoms with Crippen molar-refractivity contribution in [1.82, 2.24) is 4.90 Å². The summed E-state index contributed by atoms with van der Waals surface area (Å²) in [6.45, 7) is -0.297. The van der Waals surface area contributed by atoms with Gasteiger partial charge in [-0.2, -0.15) is 0 Å². The van der Waals surface area contributed by atoms with E-state index in [1.807, 2.05) is 0 Å². The van der Waals surface area contributed by atoms with Gasteiger partial charge in [-0.1, -0.05) is 29.8 Å². The number of anilines is 1. The normalized spacial score (nSPS) is 10.0. The molecule has 0 saturated carbocycles. The fourth-order valence-electron chi connectivity index (χ4n) is 2.02. The number of hydrogen-bond donors (Lipinski definition) is 1. The van der Waals surface area contributed by atoms with Gasteiger partial charge in [0.15, 0.2) is 6.61 Å². The molecule has 0 aliphatic rings. The lowest BCUT2D eigenvalue weighted by Gasteiger charge is -2.17. The number of methoxy groups -OCH3 is 1. The zero-order valence-electron chi connectivity index (χ0n) is 14.0. The maximum Gasteiger partial charge on any atom is 0.260 e. The summed E-state index contributed by atoms with van der Waals surface area (Å²) < 4.78 is 10.5. The van der Waals surface area contributed by atoms with E-state index in [1.165, 1.54) is 11.9 Å². The number of carbonyl (C=O) groups excluding carboxylic acids is 2. The van der Waals surface area contributed by atoms with E-state index < -0.39 is 0 Å². The zero-order chi connectivity index (χ0) is 18.2. The lowest BCUT2D eigenvalue weighted by Crippen LogP contribution is -2.37. The highest BCUT2D eigenvalue weighted by Crippen LogP contribution is 2.23. The van der Waals surface area contributed by atoms with Crippen molar-refractivity contribution in [3.8, 4) is 11.5 Å². The van der Waals surface area contributed by atoms with Crippen LogP contribution in [-0.4, -0.2) is 44.0 Å². The maximum absolute atomic E-state index is 12.1. The third-order valence-corrected chi connectivity index (χ3v) is 3.66. The van der Waals surface area contributed by atoms with E-state index in [4.69, 9.17) is 21.1 Å². The Morgan fingerprint density at radius 3 is 2.64 bits per heavy atom. The van der Waals surface area contributed by atoms with Gasteiger partial charge in [0.2, 0.25) is 5.91 Å². The van der Waals surface area contributed by atoms with Crippen molar-refractivity contribution in [2.45, 2.75) is 0 Å². The maximum atomic E-state index is 12.1. The van der Waals surface area contributed by atoms with Crippen LogP contribution in [0.2, 0.25) is 5.02 Å². The van der Waals surface area contributed by atoms with Gasteiger partial charge in [0.25, 0.3) is 5.91 Å². The van der Waals surface area contributed by atoms with Crippen LogP contribution in [0, 0.1) is 0 Å². The van der Waals surface area contributed by atoms with Crippen LogP contribution in [0.15, 0.2) is 48.5 Å². The zero-order valence-corrected chi connectivity index (χ0v) is 14.7. The third kappa shape index (κ3) is 5.69. The molecule has 2 rings (SSSR count). The molecule has 0 saturated heterocycles. The Morgan fingerprint density at radius 1 is 1.16 bits per heavy atom. The number of carbonyl (C=O) groups is 2. The monoisotopic (exact) mass is 362 g/mol. The Morgan fingerprint density at radius 2 is 1.92 bits per heavy atom. The number of halogens is 1. The molecule has 0 heterocycles. The van der Waals surface area contributed by atoms with Crippen molar-refractivity contribution in [3.05, 3.63) is 53.6 Å². The summed E-state index contributed by atoms with van der Waals surface area (Å²) in [5, 5.41) is 3.14. The quantitative estimate of drug-likeness (QED) is 0.822. The van der Waals surface area contributed by atoms with Gasteiger partial charge in [-0.05, 0) is 24.3 Å². The molecule has 6 nitrogen and oxygen atoms in total. The molecule has 0 radical (unpaired) electrons. The molecule has 0 atom stereocenters. The van der Waals surface area contributed by atoms with Crippen molar-refractivity contribution in [3.63, 3.8) is 0 Å². The molecule has 2 aromatic carbocycles. The molecule has 0 aliphatic carbocycles. The largest absolute Gasteiger partial charge is 0.497 e. The Bertz CT molecular complexity index is 751. The summed E-state index contributed by atoms with van der Waals surface area (Å²) >= 11 is 5.96. The number of hydrogen-bond acceptors (Lipinski definition) is 4. The number of ether oxygens (including phenoxy) is 2. The first-order valence-electron chi connectivity index (χ1n) is 7.55. The van der Waals surface area contributed by atoms with Gasteiger partial charge in [-0.15, -0.1) is 0 Å². The molecule has 0 unspecified atom stereocenters. The Kier molecular flexibility index (Phi) is 6.65. The fraction of sp³-hybridized carbons (Fsp3) is 0.222. The molecular formula is C18H19ClN2O4. The average Bonchev–Trinajstić information content (AvgIpc) is 2.60. The van der Waals surface area contributed by atoms with Gasteiger partial charge in [-0.3, -0.25) is 9.59 Å². The van der Waals surface area contributed by atoms with Gasteiger partial charge in [0, 0.05) is 18.8 Å². The smallest absolute Gasteiger partial charge is 0.260 e. The van der Waals surface area contributed by atoms with Gasteiger partial charge in [-0.25, -0.2) is 0 Å². The van der Waals surface area contributed by atoms with E-state index >= 15 is 0 Å². The highest BCUT2D eigenvalue weighted by atomic mass is 35.5. The molecule has 0 fully saturated rings. The second kappa shape index (κ2) is 8.94. The average molecular weight is 363 g/mol. The minimum absolute atomic E-state index is 0.0953. The van der Waals surface area contributed by atoms with Crippen LogP contribution in [0.5, 0.6) is 11.5 Å². The Hall–Kier alpha value is -2.73. The van der Waals surface area contributed by atoms with Crippen LogP contribution in [0.4, 0.5) is 5.69 Å². The van der Waals surface area contributed by atoms with E-state index in [9.17, 15) is 9.59 Å². The Balaban J connectivity index is 1.83. The van der Waals surface area contributed by atoms with E-state index in [0.29, 0.717) is 22.2 Å². The van der Waals surface area contributed by atoms with Crippen LogP contribution in [0.1, 0.15) is 0 Å². The number of amides is 2. The van der Waals surface area contributed by atoms with Crippen molar-refractivity contribution in [2.24, 2.45) is 0 Å². The van der Waals surface area contributed by atoms with Gasteiger partial charge < -0.3 is 19.7 Å². The molecule has 2 aromatic rings. The second-order valence-corrected chi connectivity index (χ2v) is 5.66. The van der Waals surface area contributed by atoms with Crippen LogP contribution in [-0.2, 0) is 9.59 Å². The molecule has 7 heteroatoms. The van der Waals surface area contributed by atoms with Gasteiger partial charge >= 0.3 is 0 Å². The highest BCUT2D eigenvalue weighted by Gasteiger charge is 2.14. The number of rotatable bonds is 7. The molecule has 2 amide bonds. The van der Waals surface area contributed by atoms with Crippen LogP contribution < -0.4 is 14.8 Å². The first-order valence-corrected chi connectivity index (χ1v) is 7.92. The number of benzene rings is 2. The van der Waals surface area contributed by atoms with E-state index in [2.05, 4.69) is 5.32 Å². The summed E-state index contributed by atoms with van der Waals surface area (Å²) in [6.07, 6.45) is 0. The molecule has 1 N–H and O–H groups in total. The summed E-state index contributed by atoms with van der Waals surface area (Å²) in [5.74, 6) is 0.407. The van der Waals surface area contributed by atoms with Gasteiger partial charge in [0.1, 0.15) is 11.5 Å². The van der Waals surface area contributed by atoms with E-state index in [0.717, 1.165) is 0 Å². The first-order chi connectivity index (χ1) is 12.0. The van der Waals surface area contributed by atoms with E-state index in [-0.39, 0.29) is 25.0 Å². The lowest BCUT2D eigenvalue weighted by atomic mass is 10.3. The molecule has 0 spiro atoms.